The number of halogens is 2. The van der Waals surface area contributed by atoms with Gasteiger partial charge in [0.25, 0.3) is 0 Å². The predicted octanol–water partition coefficient (Wildman–Crippen LogP) is 5.97. The first-order chi connectivity index (χ1) is 11.7. The summed E-state index contributed by atoms with van der Waals surface area (Å²) in [6.45, 7) is 0.344. The molecule has 0 aromatic heterocycles. The van der Waals surface area contributed by atoms with Crippen molar-refractivity contribution in [3.63, 3.8) is 0 Å². The van der Waals surface area contributed by atoms with E-state index in [9.17, 15) is 0 Å². The molecule has 0 amide bonds. The molecule has 2 aliphatic rings. The van der Waals surface area contributed by atoms with Gasteiger partial charge in [-0.2, -0.15) is 0 Å². The van der Waals surface area contributed by atoms with Gasteiger partial charge < -0.3 is 4.84 Å². The Morgan fingerprint density at radius 1 is 1.12 bits per heavy atom. The predicted molar refractivity (Wildman–Crippen MR) is 103 cm³/mol. The quantitative estimate of drug-likeness (QED) is 0.616. The fourth-order valence-electron chi connectivity index (χ4n) is 3.08. The van der Waals surface area contributed by atoms with E-state index in [-0.39, 0.29) is 0 Å². The number of allylic oxidation sites excluding steroid dienone is 2. The van der Waals surface area contributed by atoms with Crippen LogP contribution in [0.3, 0.4) is 0 Å². The average molecular weight is 376 g/mol. The number of rotatable bonds is 3. The molecule has 5 heteroatoms. The van der Waals surface area contributed by atoms with Gasteiger partial charge in [-0.05, 0) is 28.2 Å². The Hall–Kier alpha value is -1.42. The topological polar surface area (TPSA) is 21.6 Å². The molecule has 0 spiro atoms. The van der Waals surface area contributed by atoms with Gasteiger partial charge in [-0.1, -0.05) is 58.7 Å². The minimum atomic E-state index is 0.344. The minimum absolute atomic E-state index is 0.344. The van der Waals surface area contributed by atoms with Gasteiger partial charge in [0.2, 0.25) is 0 Å². The molecule has 0 saturated carbocycles. The highest BCUT2D eigenvalue weighted by molar-refractivity contribution is 8.03. The van der Waals surface area contributed by atoms with E-state index >= 15 is 0 Å². The lowest BCUT2D eigenvalue weighted by Gasteiger charge is -2.16. The molecule has 1 aliphatic heterocycles. The van der Waals surface area contributed by atoms with E-state index in [1.807, 2.05) is 23.9 Å². The smallest absolute Gasteiger partial charge is 0.143 e. The van der Waals surface area contributed by atoms with Crippen molar-refractivity contribution in [1.82, 2.24) is 0 Å². The Morgan fingerprint density at radius 3 is 2.88 bits per heavy atom. The van der Waals surface area contributed by atoms with Crippen LogP contribution in [0.4, 0.5) is 0 Å². The van der Waals surface area contributed by atoms with Crippen LogP contribution in [-0.4, -0.2) is 11.5 Å². The highest BCUT2D eigenvalue weighted by atomic mass is 35.5. The molecule has 1 aliphatic carbocycles. The number of hydrogen-bond acceptors (Lipinski definition) is 3. The van der Waals surface area contributed by atoms with Crippen LogP contribution in [0.25, 0.3) is 5.57 Å². The first-order valence-electron chi connectivity index (χ1n) is 7.80. The lowest BCUT2D eigenvalue weighted by Crippen LogP contribution is -2.09. The third kappa shape index (κ3) is 3.08. The first kappa shape index (κ1) is 16.1. The first-order valence-corrected chi connectivity index (χ1v) is 9.54. The maximum atomic E-state index is 6.18. The van der Waals surface area contributed by atoms with Gasteiger partial charge in [-0.3, -0.25) is 0 Å². The van der Waals surface area contributed by atoms with Crippen LogP contribution in [0, 0.1) is 0 Å². The van der Waals surface area contributed by atoms with E-state index in [2.05, 4.69) is 29.4 Å². The van der Waals surface area contributed by atoms with E-state index in [4.69, 9.17) is 28.0 Å². The van der Waals surface area contributed by atoms with E-state index in [0.717, 1.165) is 29.9 Å². The molecule has 0 N–H and O–H groups in total. The van der Waals surface area contributed by atoms with Crippen molar-refractivity contribution in [3.8, 4) is 0 Å². The zero-order chi connectivity index (χ0) is 16.5. The highest BCUT2D eigenvalue weighted by Gasteiger charge is 2.28. The van der Waals surface area contributed by atoms with E-state index in [1.54, 1.807) is 6.07 Å². The fraction of sp³-hybridized carbons (Fsp3) is 0.211. The Morgan fingerprint density at radius 2 is 2.00 bits per heavy atom. The van der Waals surface area contributed by atoms with Crippen molar-refractivity contribution in [2.45, 2.75) is 19.4 Å². The molecular weight excluding hydrogens is 361 g/mol. The summed E-state index contributed by atoms with van der Waals surface area (Å²) >= 11 is 14.0. The van der Waals surface area contributed by atoms with Crippen molar-refractivity contribution in [2.24, 2.45) is 5.16 Å². The maximum absolute atomic E-state index is 6.18. The van der Waals surface area contributed by atoms with Crippen LogP contribution in [0.1, 0.15) is 23.1 Å². The summed E-state index contributed by atoms with van der Waals surface area (Å²) in [5.41, 5.74) is 5.87. The van der Waals surface area contributed by atoms with Crippen molar-refractivity contribution >= 4 is 46.2 Å². The summed E-state index contributed by atoms with van der Waals surface area (Å²) in [6, 6.07) is 14.0. The molecule has 4 rings (SSSR count). The molecule has 0 unspecified atom stereocenters. The number of oxime groups is 1. The maximum Gasteiger partial charge on any atom is 0.143 e. The molecule has 0 radical (unpaired) electrons. The lowest BCUT2D eigenvalue weighted by molar-refractivity contribution is 0.130. The molecule has 1 heterocycles. The monoisotopic (exact) mass is 375 g/mol. The van der Waals surface area contributed by atoms with Crippen molar-refractivity contribution in [3.05, 3.63) is 74.1 Å². The molecule has 0 fully saturated rings. The van der Waals surface area contributed by atoms with Crippen molar-refractivity contribution < 1.29 is 4.84 Å². The van der Waals surface area contributed by atoms with Gasteiger partial charge in [0.05, 0.1) is 5.71 Å². The van der Waals surface area contributed by atoms with Gasteiger partial charge >= 0.3 is 0 Å². The number of fused-ring (bicyclic) bond motifs is 2. The van der Waals surface area contributed by atoms with Crippen molar-refractivity contribution in [2.75, 3.05) is 5.75 Å². The molecule has 2 nitrogen and oxygen atoms in total. The van der Waals surface area contributed by atoms with E-state index in [1.165, 1.54) is 21.6 Å². The number of thioether (sulfide) groups is 1. The number of benzene rings is 2. The fourth-order valence-corrected chi connectivity index (χ4v) is 4.71. The van der Waals surface area contributed by atoms with Crippen LogP contribution in [0.5, 0.6) is 0 Å². The summed E-state index contributed by atoms with van der Waals surface area (Å²) in [7, 11) is 0. The molecule has 24 heavy (non-hydrogen) atoms. The zero-order valence-electron chi connectivity index (χ0n) is 12.9. The Bertz CT molecular complexity index is 860. The van der Waals surface area contributed by atoms with Crippen LogP contribution >= 0.6 is 35.0 Å². The molecular formula is C19H15Cl2NOS. The normalized spacial score (nSPS) is 17.8. The highest BCUT2D eigenvalue weighted by Crippen LogP contribution is 2.43. The summed E-state index contributed by atoms with van der Waals surface area (Å²) in [5, 5.41) is 5.66. The Kier molecular flexibility index (Phi) is 4.57. The Balaban J connectivity index is 1.55. The van der Waals surface area contributed by atoms with Gasteiger partial charge in [0, 0.05) is 39.8 Å². The van der Waals surface area contributed by atoms with Gasteiger partial charge in [0.15, 0.2) is 0 Å². The zero-order valence-corrected chi connectivity index (χ0v) is 15.2. The number of hydrogen-bond donors (Lipinski definition) is 0. The van der Waals surface area contributed by atoms with Crippen LogP contribution in [0.15, 0.2) is 52.5 Å². The van der Waals surface area contributed by atoms with Gasteiger partial charge in [0.1, 0.15) is 6.61 Å². The second-order valence-electron chi connectivity index (χ2n) is 5.78. The molecule has 122 valence electrons. The van der Waals surface area contributed by atoms with Crippen molar-refractivity contribution in [1.29, 1.82) is 0 Å². The largest absolute Gasteiger partial charge is 0.391 e. The average Bonchev–Trinajstić information content (AvgIpc) is 2.96. The third-order valence-corrected chi connectivity index (χ3v) is 5.92. The molecule has 0 saturated heterocycles. The lowest BCUT2D eigenvalue weighted by atomic mass is 10.0. The van der Waals surface area contributed by atoms with Crippen LogP contribution < -0.4 is 0 Å². The molecule has 0 bridgehead atoms. The van der Waals surface area contributed by atoms with Gasteiger partial charge in [-0.15, -0.1) is 11.8 Å². The summed E-state index contributed by atoms with van der Waals surface area (Å²) in [4.78, 5) is 7.03. The van der Waals surface area contributed by atoms with Gasteiger partial charge in [-0.25, -0.2) is 0 Å². The SMILES string of the molecule is Clc1ccc(CO/N=C2/CCSC3=C2c2ccccc2C3)c(Cl)c1. The molecule has 2 aromatic carbocycles. The minimum Gasteiger partial charge on any atom is -0.391 e. The van der Waals surface area contributed by atoms with Crippen LogP contribution in [-0.2, 0) is 17.9 Å². The summed E-state index contributed by atoms with van der Waals surface area (Å²) in [5.74, 6) is 1.05. The third-order valence-electron chi connectivity index (χ3n) is 4.23. The summed E-state index contributed by atoms with van der Waals surface area (Å²) in [6.07, 6.45) is 1.93. The van der Waals surface area contributed by atoms with E-state index < -0.39 is 0 Å². The molecule has 2 aromatic rings. The van der Waals surface area contributed by atoms with E-state index in [0.29, 0.717) is 16.7 Å². The summed E-state index contributed by atoms with van der Waals surface area (Å²) < 4.78 is 0. The molecule has 0 atom stereocenters. The number of nitrogens with zero attached hydrogens (tertiary/aromatic N) is 1. The second kappa shape index (κ2) is 6.83. The van der Waals surface area contributed by atoms with Crippen LogP contribution in [0.2, 0.25) is 10.0 Å². The standard InChI is InChI=1S/C19H15Cl2NOS/c20-14-6-5-13(16(21)10-14)11-23-22-17-7-8-24-18-9-12-3-1-2-4-15(12)19(17)18/h1-6,10H,7-9,11H2/b22-17-. The second-order valence-corrected chi connectivity index (χ2v) is 7.81. The Labute approximate surface area is 155 Å².